The molecule has 0 saturated carbocycles. The number of carbonyl (C=O) groups is 1. The number of tetrazole rings is 1. The van der Waals surface area contributed by atoms with Crippen LogP contribution in [0.2, 0.25) is 0 Å². The molecule has 2 aromatic rings. The fourth-order valence-electron chi connectivity index (χ4n) is 1.88. The number of rotatable bonds is 6. The zero-order chi connectivity index (χ0) is 15.9. The molecule has 0 unspecified atom stereocenters. The van der Waals surface area contributed by atoms with E-state index in [4.69, 9.17) is 0 Å². The smallest absolute Gasteiger partial charge is 0.244 e. The number of halogens is 1. The lowest BCUT2D eigenvalue weighted by atomic mass is 10.2. The average Bonchev–Trinajstić information content (AvgIpc) is 2.95. The molecule has 2 rings (SSSR count). The molecule has 1 aromatic carbocycles. The number of benzene rings is 1. The summed E-state index contributed by atoms with van der Waals surface area (Å²) in [5.74, 6) is 0.218. The van der Waals surface area contributed by atoms with E-state index in [-0.39, 0.29) is 17.8 Å². The molecule has 7 heteroatoms. The Morgan fingerprint density at radius 2 is 2.09 bits per heavy atom. The third-order valence-corrected chi connectivity index (χ3v) is 3.00. The summed E-state index contributed by atoms with van der Waals surface area (Å²) in [7, 11) is 0. The van der Waals surface area contributed by atoms with E-state index in [1.54, 1.807) is 22.9 Å². The highest BCUT2D eigenvalue weighted by molar-refractivity contribution is 5.91. The van der Waals surface area contributed by atoms with Gasteiger partial charge in [-0.05, 0) is 48.0 Å². The van der Waals surface area contributed by atoms with Gasteiger partial charge in [0, 0.05) is 19.0 Å². The first kappa shape index (κ1) is 15.8. The summed E-state index contributed by atoms with van der Waals surface area (Å²) in [5, 5.41) is 14.2. The van der Waals surface area contributed by atoms with E-state index in [1.807, 2.05) is 13.8 Å². The van der Waals surface area contributed by atoms with E-state index < -0.39 is 0 Å². The van der Waals surface area contributed by atoms with Gasteiger partial charge in [-0.25, -0.2) is 9.07 Å². The molecule has 116 valence electrons. The van der Waals surface area contributed by atoms with Crippen LogP contribution in [0.15, 0.2) is 30.3 Å². The first-order valence-corrected chi connectivity index (χ1v) is 7.04. The summed E-state index contributed by atoms with van der Waals surface area (Å²) >= 11 is 0. The first-order chi connectivity index (χ1) is 10.6. The molecule has 0 saturated heterocycles. The Hall–Kier alpha value is -2.57. The Labute approximate surface area is 128 Å². The molecular weight excluding hydrogens is 285 g/mol. The minimum Gasteiger partial charge on any atom is -0.352 e. The molecule has 6 nitrogen and oxygen atoms in total. The van der Waals surface area contributed by atoms with Crippen molar-refractivity contribution in [2.24, 2.45) is 0 Å². The molecule has 1 amide bonds. The van der Waals surface area contributed by atoms with Crippen molar-refractivity contribution in [2.45, 2.75) is 26.3 Å². The lowest BCUT2D eigenvalue weighted by molar-refractivity contribution is -0.116. The molecule has 0 atom stereocenters. The van der Waals surface area contributed by atoms with Crippen molar-refractivity contribution in [3.05, 3.63) is 47.5 Å². The lowest BCUT2D eigenvalue weighted by Gasteiger charge is -2.07. The summed E-state index contributed by atoms with van der Waals surface area (Å²) in [4.78, 5) is 11.7. The highest BCUT2D eigenvalue weighted by atomic mass is 19.1. The molecule has 0 aliphatic carbocycles. The number of aromatic nitrogens is 4. The number of hydrogen-bond donors (Lipinski definition) is 1. The van der Waals surface area contributed by atoms with Gasteiger partial charge in [0.25, 0.3) is 0 Å². The predicted molar refractivity (Wildman–Crippen MR) is 80.3 cm³/mol. The molecule has 0 radical (unpaired) electrons. The van der Waals surface area contributed by atoms with Crippen LogP contribution in [0.5, 0.6) is 0 Å². The summed E-state index contributed by atoms with van der Waals surface area (Å²) in [5.41, 5.74) is 0.764. The summed E-state index contributed by atoms with van der Waals surface area (Å²) < 4.78 is 14.5. The van der Waals surface area contributed by atoms with E-state index in [9.17, 15) is 9.18 Å². The van der Waals surface area contributed by atoms with E-state index >= 15 is 0 Å². The molecular formula is C15H18FN5O. The standard InChI is InChI=1S/C15H18FN5O/c1-11(2)21-14(18-19-20-21)9-10-17-15(22)8-5-12-3-6-13(16)7-4-12/h3-8,11H,9-10H2,1-2H3,(H,17,22)/b8-5+. The number of hydrogen-bond acceptors (Lipinski definition) is 4. The molecule has 22 heavy (non-hydrogen) atoms. The first-order valence-electron chi connectivity index (χ1n) is 7.04. The third kappa shape index (κ3) is 4.47. The summed E-state index contributed by atoms with van der Waals surface area (Å²) in [6, 6.07) is 6.09. The fourth-order valence-corrected chi connectivity index (χ4v) is 1.88. The van der Waals surface area contributed by atoms with Gasteiger partial charge >= 0.3 is 0 Å². The normalized spacial score (nSPS) is 11.3. The zero-order valence-electron chi connectivity index (χ0n) is 12.5. The molecule has 0 bridgehead atoms. The molecule has 1 heterocycles. The molecule has 0 fully saturated rings. The minimum absolute atomic E-state index is 0.180. The van der Waals surface area contributed by atoms with Crippen LogP contribution in [-0.4, -0.2) is 32.7 Å². The SMILES string of the molecule is CC(C)n1nnnc1CCNC(=O)/C=C/c1ccc(F)cc1. The van der Waals surface area contributed by atoms with E-state index in [2.05, 4.69) is 20.8 Å². The number of amides is 1. The van der Waals surface area contributed by atoms with Crippen molar-refractivity contribution >= 4 is 12.0 Å². The Kier molecular flexibility index (Phi) is 5.35. The monoisotopic (exact) mass is 303 g/mol. The molecule has 1 aromatic heterocycles. The van der Waals surface area contributed by atoms with Crippen LogP contribution in [0.25, 0.3) is 6.08 Å². The van der Waals surface area contributed by atoms with Gasteiger partial charge in [-0.1, -0.05) is 12.1 Å². The van der Waals surface area contributed by atoms with E-state index in [1.165, 1.54) is 18.2 Å². The second kappa shape index (κ2) is 7.44. The largest absolute Gasteiger partial charge is 0.352 e. The van der Waals surface area contributed by atoms with Gasteiger partial charge in [-0.2, -0.15) is 0 Å². The van der Waals surface area contributed by atoms with Crippen LogP contribution in [0, 0.1) is 5.82 Å². The quantitative estimate of drug-likeness (QED) is 0.825. The van der Waals surface area contributed by atoms with Crippen LogP contribution in [0.4, 0.5) is 4.39 Å². The van der Waals surface area contributed by atoms with Crippen LogP contribution < -0.4 is 5.32 Å². The van der Waals surface area contributed by atoms with Crippen LogP contribution in [0.3, 0.4) is 0 Å². The van der Waals surface area contributed by atoms with Gasteiger partial charge in [-0.3, -0.25) is 4.79 Å². The fraction of sp³-hybridized carbons (Fsp3) is 0.333. The van der Waals surface area contributed by atoms with Gasteiger partial charge in [0.05, 0.1) is 6.04 Å². The number of carbonyl (C=O) groups excluding carboxylic acids is 1. The van der Waals surface area contributed by atoms with Crippen LogP contribution in [-0.2, 0) is 11.2 Å². The van der Waals surface area contributed by atoms with E-state index in [0.29, 0.717) is 13.0 Å². The predicted octanol–water partition coefficient (Wildman–Crippen LogP) is 1.77. The van der Waals surface area contributed by atoms with Gasteiger partial charge in [-0.15, -0.1) is 5.10 Å². The molecule has 0 spiro atoms. The van der Waals surface area contributed by atoms with Gasteiger partial charge in [0.1, 0.15) is 5.82 Å². The summed E-state index contributed by atoms with van der Waals surface area (Å²) in [6.07, 6.45) is 3.60. The van der Waals surface area contributed by atoms with Crippen molar-refractivity contribution in [3.8, 4) is 0 Å². The topological polar surface area (TPSA) is 72.7 Å². The number of nitrogens with zero attached hydrogens (tertiary/aromatic N) is 4. The Morgan fingerprint density at radius 1 is 1.36 bits per heavy atom. The maximum Gasteiger partial charge on any atom is 0.244 e. The Bertz CT molecular complexity index is 648. The van der Waals surface area contributed by atoms with E-state index in [0.717, 1.165) is 11.4 Å². The second-order valence-electron chi connectivity index (χ2n) is 5.06. The van der Waals surface area contributed by atoms with Crippen LogP contribution >= 0.6 is 0 Å². The van der Waals surface area contributed by atoms with Gasteiger partial charge in [0.15, 0.2) is 5.82 Å². The Balaban J connectivity index is 1.80. The highest BCUT2D eigenvalue weighted by Gasteiger charge is 2.08. The average molecular weight is 303 g/mol. The summed E-state index contributed by atoms with van der Waals surface area (Å²) in [6.45, 7) is 4.42. The number of nitrogens with one attached hydrogen (secondary N) is 1. The van der Waals surface area contributed by atoms with Crippen molar-refractivity contribution < 1.29 is 9.18 Å². The van der Waals surface area contributed by atoms with Crippen molar-refractivity contribution in [1.82, 2.24) is 25.5 Å². The van der Waals surface area contributed by atoms with Crippen molar-refractivity contribution in [3.63, 3.8) is 0 Å². The molecule has 0 aliphatic rings. The van der Waals surface area contributed by atoms with Gasteiger partial charge < -0.3 is 5.32 Å². The Morgan fingerprint density at radius 3 is 2.77 bits per heavy atom. The van der Waals surface area contributed by atoms with Crippen molar-refractivity contribution in [1.29, 1.82) is 0 Å². The maximum absolute atomic E-state index is 12.8. The molecule has 0 aliphatic heterocycles. The zero-order valence-corrected chi connectivity index (χ0v) is 12.5. The second-order valence-corrected chi connectivity index (χ2v) is 5.06. The lowest BCUT2D eigenvalue weighted by Crippen LogP contribution is -2.25. The highest BCUT2D eigenvalue weighted by Crippen LogP contribution is 2.05. The van der Waals surface area contributed by atoms with Crippen LogP contribution in [0.1, 0.15) is 31.3 Å². The maximum atomic E-state index is 12.8. The van der Waals surface area contributed by atoms with Gasteiger partial charge in [0.2, 0.25) is 5.91 Å². The molecule has 1 N–H and O–H groups in total. The third-order valence-electron chi connectivity index (χ3n) is 3.00. The van der Waals surface area contributed by atoms with Crippen molar-refractivity contribution in [2.75, 3.05) is 6.54 Å². The minimum atomic E-state index is -0.301.